The number of unbranched alkanes of at least 4 members (excludes halogenated alkanes) is 2. The number of carbonyl (C=O) groups is 4. The lowest BCUT2D eigenvalue weighted by Gasteiger charge is -2.23. The Labute approximate surface area is 176 Å². The van der Waals surface area contributed by atoms with Gasteiger partial charge >= 0.3 is 5.97 Å². The largest absolute Gasteiger partial charge is 0.480 e. The molecule has 12 heteroatoms. The van der Waals surface area contributed by atoms with E-state index in [2.05, 4.69) is 16.0 Å². The smallest absolute Gasteiger partial charge is 0.326 e. The second kappa shape index (κ2) is 15.5. The van der Waals surface area contributed by atoms with Gasteiger partial charge in [0, 0.05) is 0 Å². The minimum atomic E-state index is -1.31. The third kappa shape index (κ3) is 11.7. The highest BCUT2D eigenvalue weighted by Crippen LogP contribution is 2.02. The first-order valence-electron chi connectivity index (χ1n) is 10.1. The number of aliphatic hydroxyl groups excluding tert-OH is 1. The average molecular weight is 433 g/mol. The van der Waals surface area contributed by atoms with E-state index in [1.165, 1.54) is 6.92 Å². The number of nitrogens with one attached hydrogen (secondary N) is 3. The number of carbonyl (C=O) groups excluding carboxylic acids is 3. The number of carboxylic acid groups (broad SMARTS) is 1. The van der Waals surface area contributed by atoms with Gasteiger partial charge in [-0.15, -0.1) is 0 Å². The lowest BCUT2D eigenvalue weighted by molar-refractivity contribution is -0.142. The van der Waals surface area contributed by atoms with Gasteiger partial charge < -0.3 is 43.4 Å². The van der Waals surface area contributed by atoms with Crippen LogP contribution in [0.5, 0.6) is 0 Å². The Balaban J connectivity index is 4.64. The normalized spacial score (nSPS) is 14.8. The van der Waals surface area contributed by atoms with E-state index in [1.807, 2.05) is 0 Å². The fourth-order valence-electron chi connectivity index (χ4n) is 2.58. The molecule has 0 fully saturated rings. The van der Waals surface area contributed by atoms with Gasteiger partial charge in [-0.1, -0.05) is 6.42 Å². The van der Waals surface area contributed by atoms with Crippen molar-refractivity contribution in [1.29, 1.82) is 0 Å². The standard InChI is InChI=1S/C18H36N6O6/c1-11(25)15(24-16(27)12(21)6-2-4-8-19)17(28)22-10-14(26)23-13(18(29)30)7-3-5-9-20/h11-13,15,25H,2-10,19-21H2,1H3,(H,22,28)(H,23,26)(H,24,27)(H,29,30). The van der Waals surface area contributed by atoms with Gasteiger partial charge in [-0.05, 0) is 52.1 Å². The van der Waals surface area contributed by atoms with E-state index in [1.54, 1.807) is 0 Å². The Morgan fingerprint density at radius 2 is 1.47 bits per heavy atom. The summed E-state index contributed by atoms with van der Waals surface area (Å²) in [5.41, 5.74) is 16.5. The zero-order valence-electron chi connectivity index (χ0n) is 17.4. The molecular weight excluding hydrogens is 396 g/mol. The summed E-state index contributed by atoms with van der Waals surface area (Å²) in [4.78, 5) is 47.6. The Morgan fingerprint density at radius 3 is 1.97 bits per heavy atom. The molecule has 4 unspecified atom stereocenters. The monoisotopic (exact) mass is 432 g/mol. The van der Waals surface area contributed by atoms with Crippen molar-refractivity contribution in [3.63, 3.8) is 0 Å². The summed E-state index contributed by atoms with van der Waals surface area (Å²) in [6.07, 6.45) is 1.85. The third-order valence-electron chi connectivity index (χ3n) is 4.37. The molecule has 0 aromatic heterocycles. The molecule has 0 bridgehead atoms. The second-order valence-electron chi connectivity index (χ2n) is 7.08. The van der Waals surface area contributed by atoms with Crippen molar-refractivity contribution < 1.29 is 29.4 Å². The molecule has 30 heavy (non-hydrogen) atoms. The molecule has 12 nitrogen and oxygen atoms in total. The van der Waals surface area contributed by atoms with Gasteiger partial charge in [-0.25, -0.2) is 4.79 Å². The zero-order chi connectivity index (χ0) is 23.1. The van der Waals surface area contributed by atoms with Crippen molar-refractivity contribution in [2.75, 3.05) is 19.6 Å². The predicted octanol–water partition coefficient (Wildman–Crippen LogP) is -2.88. The third-order valence-corrected chi connectivity index (χ3v) is 4.37. The van der Waals surface area contributed by atoms with Crippen LogP contribution in [-0.4, -0.2) is 77.8 Å². The number of aliphatic carboxylic acids is 1. The molecule has 0 heterocycles. The lowest BCUT2D eigenvalue weighted by Crippen LogP contribution is -2.57. The van der Waals surface area contributed by atoms with E-state index in [-0.39, 0.29) is 6.42 Å². The van der Waals surface area contributed by atoms with Crippen LogP contribution >= 0.6 is 0 Å². The highest BCUT2D eigenvalue weighted by atomic mass is 16.4. The highest BCUT2D eigenvalue weighted by molar-refractivity contribution is 5.92. The molecule has 174 valence electrons. The molecule has 0 aliphatic rings. The fraction of sp³-hybridized carbons (Fsp3) is 0.778. The Hall–Kier alpha value is -2.28. The molecule has 0 aromatic rings. The van der Waals surface area contributed by atoms with Crippen LogP contribution < -0.4 is 33.2 Å². The van der Waals surface area contributed by atoms with Gasteiger partial charge in [0.15, 0.2) is 0 Å². The summed E-state index contributed by atoms with van der Waals surface area (Å²) in [5.74, 6) is -3.30. The summed E-state index contributed by atoms with van der Waals surface area (Å²) in [7, 11) is 0. The number of amides is 3. The zero-order valence-corrected chi connectivity index (χ0v) is 17.4. The van der Waals surface area contributed by atoms with Crippen LogP contribution in [0.1, 0.15) is 45.4 Å². The maximum Gasteiger partial charge on any atom is 0.326 e. The number of aliphatic hydroxyl groups is 1. The molecule has 0 spiro atoms. The Bertz CT molecular complexity index is 559. The van der Waals surface area contributed by atoms with Crippen LogP contribution in [0, 0.1) is 0 Å². The number of hydrogen-bond acceptors (Lipinski definition) is 8. The van der Waals surface area contributed by atoms with Crippen molar-refractivity contribution in [3.05, 3.63) is 0 Å². The first kappa shape index (κ1) is 27.7. The van der Waals surface area contributed by atoms with Crippen molar-refractivity contribution in [2.24, 2.45) is 17.2 Å². The van der Waals surface area contributed by atoms with E-state index in [0.29, 0.717) is 45.2 Å². The summed E-state index contributed by atoms with van der Waals surface area (Å²) in [6.45, 7) is 1.69. The van der Waals surface area contributed by atoms with Crippen molar-refractivity contribution in [2.45, 2.75) is 69.7 Å². The minimum Gasteiger partial charge on any atom is -0.480 e. The predicted molar refractivity (Wildman–Crippen MR) is 110 cm³/mol. The van der Waals surface area contributed by atoms with Crippen LogP contribution in [0.4, 0.5) is 0 Å². The van der Waals surface area contributed by atoms with Gasteiger partial charge in [-0.2, -0.15) is 0 Å². The minimum absolute atomic E-state index is 0.209. The number of nitrogens with two attached hydrogens (primary N) is 3. The van der Waals surface area contributed by atoms with Gasteiger partial charge in [-0.3, -0.25) is 14.4 Å². The molecule has 0 saturated heterocycles. The molecule has 3 amide bonds. The quantitative estimate of drug-likeness (QED) is 0.117. The highest BCUT2D eigenvalue weighted by Gasteiger charge is 2.28. The first-order chi connectivity index (χ1) is 14.1. The SMILES string of the molecule is CC(O)C(NC(=O)C(N)CCCCN)C(=O)NCC(=O)NC(CCCCN)C(=O)O. The average Bonchev–Trinajstić information content (AvgIpc) is 2.69. The lowest BCUT2D eigenvalue weighted by atomic mass is 10.1. The number of hydrogen-bond donors (Lipinski definition) is 8. The summed E-state index contributed by atoms with van der Waals surface area (Å²) >= 11 is 0. The van der Waals surface area contributed by atoms with Crippen LogP contribution in [0.2, 0.25) is 0 Å². The maximum atomic E-state index is 12.3. The van der Waals surface area contributed by atoms with Crippen molar-refractivity contribution in [3.8, 4) is 0 Å². The molecule has 0 radical (unpaired) electrons. The van der Waals surface area contributed by atoms with E-state index in [4.69, 9.17) is 22.3 Å². The van der Waals surface area contributed by atoms with Crippen LogP contribution in [0.15, 0.2) is 0 Å². The summed E-state index contributed by atoms with van der Waals surface area (Å²) in [5, 5.41) is 25.9. The number of carboxylic acids is 1. The van der Waals surface area contributed by atoms with Crippen LogP contribution in [0.25, 0.3) is 0 Å². The molecule has 0 rings (SSSR count). The Morgan fingerprint density at radius 1 is 0.900 bits per heavy atom. The summed E-state index contributed by atoms with van der Waals surface area (Å²) in [6, 6.07) is -3.27. The van der Waals surface area contributed by atoms with Gasteiger partial charge in [0.25, 0.3) is 0 Å². The van der Waals surface area contributed by atoms with Crippen molar-refractivity contribution in [1.82, 2.24) is 16.0 Å². The molecular formula is C18H36N6O6. The molecule has 0 aliphatic heterocycles. The van der Waals surface area contributed by atoms with E-state index >= 15 is 0 Å². The molecule has 0 saturated carbocycles. The van der Waals surface area contributed by atoms with Gasteiger partial charge in [0.2, 0.25) is 17.7 Å². The van der Waals surface area contributed by atoms with E-state index in [0.717, 1.165) is 0 Å². The van der Waals surface area contributed by atoms with Gasteiger partial charge in [0.05, 0.1) is 18.7 Å². The molecule has 0 aliphatic carbocycles. The van der Waals surface area contributed by atoms with E-state index in [9.17, 15) is 24.3 Å². The Kier molecular flexibility index (Phi) is 14.4. The van der Waals surface area contributed by atoms with Crippen LogP contribution in [-0.2, 0) is 19.2 Å². The fourth-order valence-corrected chi connectivity index (χ4v) is 2.58. The first-order valence-corrected chi connectivity index (χ1v) is 10.1. The van der Waals surface area contributed by atoms with Crippen LogP contribution in [0.3, 0.4) is 0 Å². The summed E-state index contributed by atoms with van der Waals surface area (Å²) < 4.78 is 0. The topological polar surface area (TPSA) is 223 Å². The van der Waals surface area contributed by atoms with Crippen molar-refractivity contribution >= 4 is 23.7 Å². The molecule has 11 N–H and O–H groups in total. The number of rotatable bonds is 16. The second-order valence-corrected chi connectivity index (χ2v) is 7.08. The maximum absolute atomic E-state index is 12.3. The van der Waals surface area contributed by atoms with E-state index < -0.39 is 54.5 Å². The molecule has 4 atom stereocenters. The molecule has 0 aromatic carbocycles. The van der Waals surface area contributed by atoms with Gasteiger partial charge in [0.1, 0.15) is 12.1 Å².